The molecule has 1 N–H and O–H groups in total. The molecule has 2 atom stereocenters. The van der Waals surface area contributed by atoms with Crippen LogP contribution in [-0.2, 0) is 13.1 Å². The summed E-state index contributed by atoms with van der Waals surface area (Å²) in [6.45, 7) is 4.76. The van der Waals surface area contributed by atoms with Gasteiger partial charge in [0.15, 0.2) is 5.82 Å². The Balaban J connectivity index is 1.33. The van der Waals surface area contributed by atoms with Gasteiger partial charge < -0.3 is 19.2 Å². The summed E-state index contributed by atoms with van der Waals surface area (Å²) in [5, 5.41) is 19.9. The van der Waals surface area contributed by atoms with Crippen LogP contribution < -0.4 is 10.2 Å². The largest absolute Gasteiger partial charge is 0.467 e. The van der Waals surface area contributed by atoms with Gasteiger partial charge in [-0.2, -0.15) is 5.10 Å². The number of aromatic nitrogens is 5. The van der Waals surface area contributed by atoms with Crippen molar-refractivity contribution in [2.75, 3.05) is 18.0 Å². The Morgan fingerprint density at radius 3 is 2.93 bits per heavy atom. The summed E-state index contributed by atoms with van der Waals surface area (Å²) >= 11 is 0. The minimum atomic E-state index is -0.229. The van der Waals surface area contributed by atoms with Crippen molar-refractivity contribution in [1.82, 2.24) is 30.3 Å². The molecule has 1 amide bonds. The maximum Gasteiger partial charge on any atom is 0.289 e. The summed E-state index contributed by atoms with van der Waals surface area (Å²) in [5.74, 6) is 3.36. The molecule has 28 heavy (non-hydrogen) atoms. The molecule has 0 aliphatic carbocycles. The van der Waals surface area contributed by atoms with Crippen LogP contribution in [0.4, 0.5) is 5.82 Å². The van der Waals surface area contributed by atoms with E-state index < -0.39 is 0 Å². The Kier molecular flexibility index (Phi) is 4.07. The van der Waals surface area contributed by atoms with Crippen molar-refractivity contribution in [2.45, 2.75) is 32.4 Å². The third-order valence-electron chi connectivity index (χ3n) is 5.59. The van der Waals surface area contributed by atoms with Crippen molar-refractivity contribution >= 4 is 11.7 Å². The van der Waals surface area contributed by atoms with Crippen LogP contribution in [0.15, 0.2) is 34.9 Å². The molecule has 0 aromatic carbocycles. The molecular formula is C19H21N7O2. The molecule has 144 valence electrons. The van der Waals surface area contributed by atoms with Gasteiger partial charge in [0.05, 0.1) is 18.5 Å². The Morgan fingerprint density at radius 1 is 1.21 bits per heavy atom. The zero-order valence-electron chi connectivity index (χ0n) is 15.6. The highest BCUT2D eigenvalue weighted by Crippen LogP contribution is 2.39. The van der Waals surface area contributed by atoms with Gasteiger partial charge in [-0.3, -0.25) is 4.79 Å². The van der Waals surface area contributed by atoms with Crippen LogP contribution in [-0.4, -0.2) is 44.0 Å². The first kappa shape index (κ1) is 16.9. The summed E-state index contributed by atoms with van der Waals surface area (Å²) < 4.78 is 7.22. The van der Waals surface area contributed by atoms with Crippen molar-refractivity contribution < 1.29 is 9.21 Å². The Labute approximate surface area is 161 Å². The topological polar surface area (TPSA) is 102 Å². The first-order valence-electron chi connectivity index (χ1n) is 9.48. The van der Waals surface area contributed by atoms with E-state index in [9.17, 15) is 4.79 Å². The number of carbonyl (C=O) groups excluding carboxylic acids is 1. The monoisotopic (exact) mass is 379 g/mol. The number of nitrogens with zero attached hydrogens (tertiary/aromatic N) is 6. The van der Waals surface area contributed by atoms with Crippen LogP contribution in [0, 0.1) is 12.8 Å². The van der Waals surface area contributed by atoms with E-state index in [4.69, 9.17) is 4.42 Å². The first-order valence-corrected chi connectivity index (χ1v) is 9.48. The fourth-order valence-corrected chi connectivity index (χ4v) is 4.14. The summed E-state index contributed by atoms with van der Waals surface area (Å²) in [7, 11) is 0. The lowest BCUT2D eigenvalue weighted by atomic mass is 9.89. The summed E-state index contributed by atoms with van der Waals surface area (Å²) in [5.41, 5.74) is 0.908. The molecule has 5 rings (SSSR count). The van der Waals surface area contributed by atoms with E-state index in [0.29, 0.717) is 24.0 Å². The first-order chi connectivity index (χ1) is 13.7. The van der Waals surface area contributed by atoms with E-state index >= 15 is 0 Å². The van der Waals surface area contributed by atoms with Gasteiger partial charge in [0.2, 0.25) is 5.82 Å². The number of carbonyl (C=O) groups is 1. The average Bonchev–Trinajstić information content (AvgIpc) is 3.44. The van der Waals surface area contributed by atoms with E-state index in [2.05, 4.69) is 30.6 Å². The molecule has 9 nitrogen and oxygen atoms in total. The third kappa shape index (κ3) is 2.92. The second kappa shape index (κ2) is 6.74. The predicted molar refractivity (Wildman–Crippen MR) is 99.7 cm³/mol. The van der Waals surface area contributed by atoms with E-state index in [1.807, 2.05) is 29.7 Å². The van der Waals surface area contributed by atoms with Gasteiger partial charge in [-0.15, -0.1) is 15.3 Å². The molecule has 5 heterocycles. The molecule has 3 aromatic heterocycles. The lowest BCUT2D eigenvalue weighted by molar-refractivity contribution is 0.0931. The molecule has 9 heteroatoms. The Hall–Kier alpha value is -3.23. The number of furan rings is 1. The highest BCUT2D eigenvalue weighted by molar-refractivity contribution is 5.90. The standard InChI is InChI=1S/C19H21N7O2/c1-12-4-5-16(22-21-12)25-10-13-6-7-26-17(15(13)11-25)23-24-18(26)19(27)20-9-14-3-2-8-28-14/h2-5,8,13,15H,6-7,9-11H2,1H3,(H,20,27)/t13-,15-/m0/s1. The zero-order valence-corrected chi connectivity index (χ0v) is 15.6. The van der Waals surface area contributed by atoms with Crippen LogP contribution in [0.3, 0.4) is 0 Å². The molecule has 1 fully saturated rings. The van der Waals surface area contributed by atoms with E-state index in [0.717, 1.165) is 43.4 Å². The fourth-order valence-electron chi connectivity index (χ4n) is 4.14. The smallest absolute Gasteiger partial charge is 0.289 e. The summed E-state index contributed by atoms with van der Waals surface area (Å²) in [4.78, 5) is 14.8. The SMILES string of the molecule is Cc1ccc(N2C[C@@H]3CCn4c(C(=O)NCc5ccco5)nnc4[C@H]3C2)nn1. The van der Waals surface area contributed by atoms with E-state index in [1.165, 1.54) is 0 Å². The lowest BCUT2D eigenvalue weighted by Crippen LogP contribution is -2.30. The number of hydrogen-bond acceptors (Lipinski definition) is 7. The summed E-state index contributed by atoms with van der Waals surface area (Å²) in [6.07, 6.45) is 2.58. The third-order valence-corrected chi connectivity index (χ3v) is 5.59. The van der Waals surface area contributed by atoms with Crippen molar-refractivity contribution in [2.24, 2.45) is 5.92 Å². The highest BCUT2D eigenvalue weighted by Gasteiger charge is 2.41. The maximum absolute atomic E-state index is 12.6. The normalized spacial score (nSPS) is 20.7. The van der Waals surface area contributed by atoms with E-state index in [-0.39, 0.29) is 11.8 Å². The second-order valence-corrected chi connectivity index (χ2v) is 7.39. The van der Waals surface area contributed by atoms with Crippen LogP contribution >= 0.6 is 0 Å². The van der Waals surface area contributed by atoms with Gasteiger partial charge in [-0.1, -0.05) is 0 Å². The van der Waals surface area contributed by atoms with Gasteiger partial charge in [0.25, 0.3) is 5.91 Å². The van der Waals surface area contributed by atoms with Gasteiger partial charge in [0.1, 0.15) is 11.6 Å². The van der Waals surface area contributed by atoms with Crippen LogP contribution in [0.2, 0.25) is 0 Å². The van der Waals surface area contributed by atoms with Crippen LogP contribution in [0.5, 0.6) is 0 Å². The zero-order chi connectivity index (χ0) is 19.1. The van der Waals surface area contributed by atoms with Crippen molar-refractivity contribution in [3.8, 4) is 0 Å². The Bertz CT molecular complexity index is 980. The number of anilines is 1. The van der Waals surface area contributed by atoms with Gasteiger partial charge in [-0.25, -0.2) is 0 Å². The average molecular weight is 379 g/mol. The van der Waals surface area contributed by atoms with Crippen molar-refractivity contribution in [1.29, 1.82) is 0 Å². The highest BCUT2D eigenvalue weighted by atomic mass is 16.3. The van der Waals surface area contributed by atoms with Gasteiger partial charge in [-0.05, 0) is 43.5 Å². The molecular weight excluding hydrogens is 358 g/mol. The van der Waals surface area contributed by atoms with Crippen LogP contribution in [0.1, 0.15) is 40.2 Å². The molecule has 0 bridgehead atoms. The number of nitrogens with one attached hydrogen (secondary N) is 1. The van der Waals surface area contributed by atoms with Crippen molar-refractivity contribution in [3.05, 3.63) is 53.6 Å². The molecule has 0 unspecified atom stereocenters. The molecule has 0 saturated carbocycles. The number of amides is 1. The number of aryl methyl sites for hydroxylation is 1. The molecule has 3 aromatic rings. The van der Waals surface area contributed by atoms with Crippen LogP contribution in [0.25, 0.3) is 0 Å². The van der Waals surface area contributed by atoms with Gasteiger partial charge >= 0.3 is 0 Å². The summed E-state index contributed by atoms with van der Waals surface area (Å²) in [6, 6.07) is 7.61. The number of fused-ring (bicyclic) bond motifs is 3. The molecule has 2 aliphatic heterocycles. The molecule has 2 aliphatic rings. The van der Waals surface area contributed by atoms with Crippen molar-refractivity contribution in [3.63, 3.8) is 0 Å². The maximum atomic E-state index is 12.6. The van der Waals surface area contributed by atoms with E-state index in [1.54, 1.807) is 12.3 Å². The second-order valence-electron chi connectivity index (χ2n) is 7.39. The lowest BCUT2D eigenvalue weighted by Gasteiger charge is -2.24. The Morgan fingerprint density at radius 2 is 2.14 bits per heavy atom. The predicted octanol–water partition coefficient (Wildman–Crippen LogP) is 1.52. The molecule has 0 radical (unpaired) electrons. The minimum Gasteiger partial charge on any atom is -0.467 e. The number of rotatable bonds is 4. The fraction of sp³-hybridized carbons (Fsp3) is 0.421. The molecule has 1 saturated heterocycles. The molecule has 0 spiro atoms. The quantitative estimate of drug-likeness (QED) is 0.733. The minimum absolute atomic E-state index is 0.229. The number of hydrogen-bond donors (Lipinski definition) is 1. The van der Waals surface area contributed by atoms with Gasteiger partial charge in [0, 0.05) is 25.6 Å².